The molecule has 0 radical (unpaired) electrons. The zero-order chi connectivity index (χ0) is 11.1. The van der Waals surface area contributed by atoms with Crippen LogP contribution in [-0.4, -0.2) is 13.9 Å². The summed E-state index contributed by atoms with van der Waals surface area (Å²) in [5, 5.41) is 0. The van der Waals surface area contributed by atoms with E-state index in [-0.39, 0.29) is 5.41 Å². The Morgan fingerprint density at radius 3 is 2.53 bits per heavy atom. The van der Waals surface area contributed by atoms with E-state index in [1.165, 1.54) is 0 Å². The van der Waals surface area contributed by atoms with Crippen LogP contribution in [0.2, 0.25) is 0 Å². The summed E-state index contributed by atoms with van der Waals surface area (Å²) in [6, 6.07) is 3.81. The molecule has 0 aliphatic carbocycles. The highest BCUT2D eigenvalue weighted by Gasteiger charge is 2.29. The highest BCUT2D eigenvalue weighted by Crippen LogP contribution is 2.46. The van der Waals surface area contributed by atoms with Crippen molar-refractivity contribution in [2.24, 2.45) is 0 Å². The average Bonchev–Trinajstić information content (AvgIpc) is 2.61. The Kier molecular flexibility index (Phi) is 2.25. The lowest BCUT2D eigenvalue weighted by molar-refractivity contribution is 0.172. The summed E-state index contributed by atoms with van der Waals surface area (Å²) in [5.74, 6) is 2.48. The topological polar surface area (TPSA) is 27.7 Å². The molecule has 1 aromatic rings. The van der Waals surface area contributed by atoms with Gasteiger partial charge in [-0.3, -0.25) is 0 Å². The van der Waals surface area contributed by atoms with E-state index in [0.717, 1.165) is 22.8 Å². The van der Waals surface area contributed by atoms with Gasteiger partial charge in [-0.15, -0.1) is 0 Å². The Bertz CT molecular complexity index is 377. The molecule has 0 saturated carbocycles. The van der Waals surface area contributed by atoms with Gasteiger partial charge >= 0.3 is 0 Å². The maximum Gasteiger partial charge on any atom is 0.231 e. The minimum atomic E-state index is -0.0234. The van der Waals surface area contributed by atoms with Crippen molar-refractivity contribution in [2.75, 3.05) is 13.9 Å². The highest BCUT2D eigenvalue weighted by atomic mass is 16.7. The van der Waals surface area contributed by atoms with Crippen LogP contribution in [0.3, 0.4) is 0 Å². The normalized spacial score (nSPS) is 14.1. The molecule has 15 heavy (non-hydrogen) atoms. The number of ether oxygens (including phenoxy) is 3. The molecule has 82 valence electrons. The van der Waals surface area contributed by atoms with E-state index in [9.17, 15) is 0 Å². The predicted octanol–water partition coefficient (Wildman–Crippen LogP) is 2.72. The third kappa shape index (κ3) is 1.62. The van der Waals surface area contributed by atoms with Crippen molar-refractivity contribution >= 4 is 0 Å². The summed E-state index contributed by atoms with van der Waals surface area (Å²) >= 11 is 0. The number of benzene rings is 1. The van der Waals surface area contributed by atoms with Crippen molar-refractivity contribution in [2.45, 2.75) is 26.2 Å². The molecule has 1 aromatic carbocycles. The lowest BCUT2D eigenvalue weighted by Gasteiger charge is -2.23. The summed E-state index contributed by atoms with van der Waals surface area (Å²) in [7, 11) is 1.67. The molecule has 0 N–H and O–H groups in total. The zero-order valence-electron chi connectivity index (χ0n) is 9.59. The molecule has 1 aliphatic heterocycles. The molecule has 0 spiro atoms. The molecule has 0 aromatic heterocycles. The number of hydrogen-bond acceptors (Lipinski definition) is 3. The quantitative estimate of drug-likeness (QED) is 0.710. The molecule has 0 amide bonds. The summed E-state index contributed by atoms with van der Waals surface area (Å²) in [4.78, 5) is 0. The Morgan fingerprint density at radius 2 is 1.93 bits per heavy atom. The first kappa shape index (κ1) is 10.1. The molecular formula is C12H16O3. The van der Waals surface area contributed by atoms with Crippen LogP contribution in [0.25, 0.3) is 0 Å². The minimum absolute atomic E-state index is 0.0234. The molecule has 1 aliphatic rings. The van der Waals surface area contributed by atoms with Crippen molar-refractivity contribution < 1.29 is 14.2 Å². The van der Waals surface area contributed by atoms with Crippen LogP contribution < -0.4 is 14.2 Å². The maximum absolute atomic E-state index is 5.50. The summed E-state index contributed by atoms with van der Waals surface area (Å²) in [6.45, 7) is 6.69. The van der Waals surface area contributed by atoms with Crippen LogP contribution in [-0.2, 0) is 5.41 Å². The highest BCUT2D eigenvalue weighted by molar-refractivity contribution is 5.57. The van der Waals surface area contributed by atoms with E-state index in [4.69, 9.17) is 14.2 Å². The van der Waals surface area contributed by atoms with Gasteiger partial charge in [0.05, 0.1) is 7.11 Å². The second-order valence-electron chi connectivity index (χ2n) is 4.63. The second-order valence-corrected chi connectivity index (χ2v) is 4.63. The number of methoxy groups -OCH3 is 1. The Labute approximate surface area is 90.0 Å². The number of rotatable bonds is 1. The zero-order valence-corrected chi connectivity index (χ0v) is 9.59. The molecular weight excluding hydrogens is 192 g/mol. The van der Waals surface area contributed by atoms with Crippen molar-refractivity contribution in [3.8, 4) is 17.2 Å². The average molecular weight is 208 g/mol. The number of hydrogen-bond donors (Lipinski definition) is 0. The molecule has 0 unspecified atom stereocenters. The van der Waals surface area contributed by atoms with Gasteiger partial charge < -0.3 is 14.2 Å². The molecule has 2 rings (SSSR count). The second kappa shape index (κ2) is 3.33. The lowest BCUT2D eigenvalue weighted by atomic mass is 9.85. The third-order valence-corrected chi connectivity index (χ3v) is 2.47. The smallest absolute Gasteiger partial charge is 0.231 e. The van der Waals surface area contributed by atoms with Crippen molar-refractivity contribution in [3.63, 3.8) is 0 Å². The van der Waals surface area contributed by atoms with Crippen LogP contribution in [0, 0.1) is 0 Å². The fraction of sp³-hybridized carbons (Fsp3) is 0.500. The summed E-state index contributed by atoms with van der Waals surface area (Å²) in [6.07, 6.45) is 0. The first-order chi connectivity index (χ1) is 7.04. The summed E-state index contributed by atoms with van der Waals surface area (Å²) < 4.78 is 16.2. The predicted molar refractivity (Wildman–Crippen MR) is 57.8 cm³/mol. The van der Waals surface area contributed by atoms with Gasteiger partial charge in [0.2, 0.25) is 6.79 Å². The van der Waals surface area contributed by atoms with Gasteiger partial charge in [0.25, 0.3) is 0 Å². The lowest BCUT2D eigenvalue weighted by Crippen LogP contribution is -2.14. The van der Waals surface area contributed by atoms with E-state index in [0.29, 0.717) is 6.79 Å². The number of fused-ring (bicyclic) bond motifs is 1. The molecule has 3 heteroatoms. The van der Waals surface area contributed by atoms with Crippen LogP contribution >= 0.6 is 0 Å². The van der Waals surface area contributed by atoms with Crippen LogP contribution in [0.4, 0.5) is 0 Å². The Morgan fingerprint density at radius 1 is 1.20 bits per heavy atom. The fourth-order valence-corrected chi connectivity index (χ4v) is 1.83. The van der Waals surface area contributed by atoms with Gasteiger partial charge in [-0.2, -0.15) is 0 Å². The van der Waals surface area contributed by atoms with E-state index >= 15 is 0 Å². The monoisotopic (exact) mass is 208 g/mol. The minimum Gasteiger partial charge on any atom is -0.496 e. The van der Waals surface area contributed by atoms with Gasteiger partial charge in [0, 0.05) is 5.56 Å². The standard InChI is InChI=1S/C12H16O3/c1-12(2,3)10-8(13-4)5-6-9-11(10)15-7-14-9/h5-6H,7H2,1-4H3. The van der Waals surface area contributed by atoms with Crippen LogP contribution in [0.15, 0.2) is 12.1 Å². The Hall–Kier alpha value is -1.38. The SMILES string of the molecule is COc1ccc2c(c1C(C)(C)C)OCO2. The largest absolute Gasteiger partial charge is 0.496 e. The van der Waals surface area contributed by atoms with Crippen molar-refractivity contribution in [3.05, 3.63) is 17.7 Å². The Balaban J connectivity index is 2.63. The first-order valence-electron chi connectivity index (χ1n) is 5.01. The van der Waals surface area contributed by atoms with Crippen LogP contribution in [0.1, 0.15) is 26.3 Å². The molecule has 0 saturated heterocycles. The van der Waals surface area contributed by atoms with Crippen molar-refractivity contribution in [1.29, 1.82) is 0 Å². The van der Waals surface area contributed by atoms with E-state index < -0.39 is 0 Å². The van der Waals surface area contributed by atoms with Crippen LogP contribution in [0.5, 0.6) is 17.2 Å². The van der Waals surface area contributed by atoms with Gasteiger partial charge in [0.15, 0.2) is 11.5 Å². The first-order valence-corrected chi connectivity index (χ1v) is 5.01. The molecule has 0 bridgehead atoms. The molecule has 0 atom stereocenters. The van der Waals surface area contributed by atoms with Gasteiger partial charge in [-0.05, 0) is 17.5 Å². The van der Waals surface area contributed by atoms with E-state index in [2.05, 4.69) is 20.8 Å². The maximum atomic E-state index is 5.50. The summed E-state index contributed by atoms with van der Waals surface area (Å²) in [5.41, 5.74) is 1.05. The van der Waals surface area contributed by atoms with Gasteiger partial charge in [-0.25, -0.2) is 0 Å². The van der Waals surface area contributed by atoms with E-state index in [1.807, 2.05) is 12.1 Å². The third-order valence-electron chi connectivity index (χ3n) is 2.47. The molecule has 3 nitrogen and oxygen atoms in total. The molecule has 1 heterocycles. The van der Waals surface area contributed by atoms with Gasteiger partial charge in [-0.1, -0.05) is 20.8 Å². The molecule has 0 fully saturated rings. The fourth-order valence-electron chi connectivity index (χ4n) is 1.83. The van der Waals surface area contributed by atoms with Gasteiger partial charge in [0.1, 0.15) is 5.75 Å². The van der Waals surface area contributed by atoms with Crippen molar-refractivity contribution in [1.82, 2.24) is 0 Å². The van der Waals surface area contributed by atoms with E-state index in [1.54, 1.807) is 7.11 Å².